The molecule has 0 saturated carbocycles. The minimum Gasteiger partial charge on any atom is -0.378 e. The fourth-order valence-corrected chi connectivity index (χ4v) is 2.51. The van der Waals surface area contributed by atoms with E-state index in [0.29, 0.717) is 6.61 Å². The number of para-hydroxylation sites is 1. The molecule has 2 heterocycles. The lowest BCUT2D eigenvalue weighted by molar-refractivity contribution is 0.0771. The zero-order valence-electron chi connectivity index (χ0n) is 10.3. The van der Waals surface area contributed by atoms with Gasteiger partial charge >= 0.3 is 0 Å². The van der Waals surface area contributed by atoms with Gasteiger partial charge in [-0.2, -0.15) is 0 Å². The van der Waals surface area contributed by atoms with Crippen LogP contribution in [0.15, 0.2) is 30.5 Å². The van der Waals surface area contributed by atoms with E-state index < -0.39 is 0 Å². The van der Waals surface area contributed by atoms with Crippen molar-refractivity contribution in [2.75, 3.05) is 19.8 Å². The average Bonchev–Trinajstić information content (AvgIpc) is 2.79. The summed E-state index contributed by atoms with van der Waals surface area (Å²) in [6.45, 7) is 3.85. The van der Waals surface area contributed by atoms with Crippen molar-refractivity contribution in [2.45, 2.75) is 13.0 Å². The van der Waals surface area contributed by atoms with E-state index in [1.165, 1.54) is 0 Å². The van der Waals surface area contributed by atoms with Crippen molar-refractivity contribution < 1.29 is 9.53 Å². The van der Waals surface area contributed by atoms with Crippen LogP contribution in [0.5, 0.6) is 0 Å². The van der Waals surface area contributed by atoms with Crippen molar-refractivity contribution in [1.29, 1.82) is 0 Å². The second kappa shape index (κ2) is 4.55. The largest absolute Gasteiger partial charge is 0.378 e. The first-order valence-electron chi connectivity index (χ1n) is 6.19. The maximum Gasteiger partial charge on any atom is 0.227 e. The molecule has 0 spiro atoms. The molecular weight excluding hydrogens is 228 g/mol. The van der Waals surface area contributed by atoms with Gasteiger partial charge in [-0.25, -0.2) is 0 Å². The number of benzene rings is 1. The van der Waals surface area contributed by atoms with Crippen LogP contribution in [0, 0.1) is 0 Å². The first-order valence-corrected chi connectivity index (χ1v) is 6.19. The standard InChI is InChI=1S/C14H16N2O2/c1-10(17)16-8-12(13-9-18-7-6-15-13)11-4-2-3-5-14(11)16/h2-5,8,13,15H,6-7,9H2,1H3/t13-/m1/s1. The minimum atomic E-state index is 0.0363. The molecule has 4 nitrogen and oxygen atoms in total. The highest BCUT2D eigenvalue weighted by Gasteiger charge is 2.20. The number of morpholine rings is 1. The Labute approximate surface area is 106 Å². The quantitative estimate of drug-likeness (QED) is 0.834. The van der Waals surface area contributed by atoms with E-state index in [1.54, 1.807) is 11.5 Å². The Morgan fingerprint density at radius 2 is 2.28 bits per heavy atom. The van der Waals surface area contributed by atoms with Gasteiger partial charge in [0.1, 0.15) is 0 Å². The van der Waals surface area contributed by atoms with Crippen molar-refractivity contribution >= 4 is 16.8 Å². The highest BCUT2D eigenvalue weighted by molar-refractivity contribution is 5.93. The van der Waals surface area contributed by atoms with Gasteiger partial charge in [-0.1, -0.05) is 18.2 Å². The van der Waals surface area contributed by atoms with Crippen LogP contribution >= 0.6 is 0 Å². The van der Waals surface area contributed by atoms with Gasteiger partial charge in [0.2, 0.25) is 5.91 Å². The molecule has 1 aromatic carbocycles. The summed E-state index contributed by atoms with van der Waals surface area (Å²) in [6, 6.07) is 8.16. The van der Waals surface area contributed by atoms with Gasteiger partial charge < -0.3 is 10.1 Å². The summed E-state index contributed by atoms with van der Waals surface area (Å²) in [5.74, 6) is 0.0363. The molecule has 0 unspecified atom stereocenters. The number of hydrogen-bond acceptors (Lipinski definition) is 3. The lowest BCUT2D eigenvalue weighted by Crippen LogP contribution is -2.34. The van der Waals surface area contributed by atoms with Gasteiger partial charge in [0.15, 0.2) is 0 Å². The predicted molar refractivity (Wildman–Crippen MR) is 69.8 cm³/mol. The van der Waals surface area contributed by atoms with E-state index >= 15 is 0 Å². The monoisotopic (exact) mass is 244 g/mol. The molecule has 1 atom stereocenters. The maximum atomic E-state index is 11.7. The number of hydrogen-bond donors (Lipinski definition) is 1. The Morgan fingerprint density at radius 1 is 1.44 bits per heavy atom. The lowest BCUT2D eigenvalue weighted by atomic mass is 10.1. The summed E-state index contributed by atoms with van der Waals surface area (Å²) in [5.41, 5.74) is 2.10. The minimum absolute atomic E-state index is 0.0363. The van der Waals surface area contributed by atoms with Crippen LogP contribution < -0.4 is 5.32 Å². The summed E-state index contributed by atoms with van der Waals surface area (Å²) in [6.07, 6.45) is 1.93. The molecule has 1 N–H and O–H groups in total. The summed E-state index contributed by atoms with van der Waals surface area (Å²) < 4.78 is 7.21. The van der Waals surface area contributed by atoms with Crippen molar-refractivity contribution in [1.82, 2.24) is 9.88 Å². The highest BCUT2D eigenvalue weighted by atomic mass is 16.5. The topological polar surface area (TPSA) is 43.3 Å². The first kappa shape index (κ1) is 11.4. The number of nitrogens with zero attached hydrogens (tertiary/aromatic N) is 1. The summed E-state index contributed by atoms with van der Waals surface area (Å²) in [4.78, 5) is 11.7. The predicted octanol–water partition coefficient (Wildman–Crippen LogP) is 1.96. The van der Waals surface area contributed by atoms with Crippen LogP contribution in [-0.4, -0.2) is 30.2 Å². The number of carbonyl (C=O) groups is 1. The summed E-state index contributed by atoms with van der Waals surface area (Å²) >= 11 is 0. The van der Waals surface area contributed by atoms with Gasteiger partial charge in [-0.05, 0) is 11.6 Å². The molecular formula is C14H16N2O2. The normalized spacial score (nSPS) is 20.2. The fourth-order valence-electron chi connectivity index (χ4n) is 2.51. The SMILES string of the molecule is CC(=O)n1cc([C@H]2COCCN2)c2ccccc21. The average molecular weight is 244 g/mol. The van der Waals surface area contributed by atoms with Gasteiger partial charge in [-0.15, -0.1) is 0 Å². The van der Waals surface area contributed by atoms with Gasteiger partial charge in [-0.3, -0.25) is 9.36 Å². The lowest BCUT2D eigenvalue weighted by Gasteiger charge is -2.23. The van der Waals surface area contributed by atoms with Crippen molar-refractivity contribution in [3.63, 3.8) is 0 Å². The van der Waals surface area contributed by atoms with Gasteiger partial charge in [0, 0.05) is 25.1 Å². The number of aromatic nitrogens is 1. The molecule has 1 fully saturated rings. The van der Waals surface area contributed by atoms with E-state index in [0.717, 1.165) is 29.6 Å². The Bertz CT molecular complexity index is 582. The van der Waals surface area contributed by atoms with Crippen molar-refractivity contribution in [3.8, 4) is 0 Å². The number of ether oxygens (including phenoxy) is 1. The summed E-state index contributed by atoms with van der Waals surface area (Å²) in [5, 5.41) is 4.55. The molecule has 0 aliphatic carbocycles. The van der Waals surface area contributed by atoms with Crippen molar-refractivity contribution in [2.24, 2.45) is 0 Å². The Kier molecular flexibility index (Phi) is 2.89. The maximum absolute atomic E-state index is 11.7. The Morgan fingerprint density at radius 3 is 3.00 bits per heavy atom. The first-order chi connectivity index (χ1) is 8.77. The molecule has 4 heteroatoms. The van der Waals surface area contributed by atoms with E-state index in [4.69, 9.17) is 4.74 Å². The van der Waals surface area contributed by atoms with E-state index in [-0.39, 0.29) is 11.9 Å². The molecule has 18 heavy (non-hydrogen) atoms. The molecule has 3 rings (SSSR count). The third kappa shape index (κ3) is 1.83. The summed E-state index contributed by atoms with van der Waals surface area (Å²) in [7, 11) is 0. The highest BCUT2D eigenvalue weighted by Crippen LogP contribution is 2.27. The van der Waals surface area contributed by atoms with Crippen LogP contribution in [0.2, 0.25) is 0 Å². The van der Waals surface area contributed by atoms with Crippen molar-refractivity contribution in [3.05, 3.63) is 36.0 Å². The van der Waals surface area contributed by atoms with Crippen LogP contribution in [0.4, 0.5) is 0 Å². The smallest absolute Gasteiger partial charge is 0.227 e. The number of nitrogens with one attached hydrogen (secondary N) is 1. The van der Waals surface area contributed by atoms with E-state index in [2.05, 4.69) is 11.4 Å². The van der Waals surface area contributed by atoms with Crippen LogP contribution in [0.3, 0.4) is 0 Å². The molecule has 0 amide bonds. The number of rotatable bonds is 1. The third-order valence-electron chi connectivity index (χ3n) is 3.38. The Hall–Kier alpha value is -1.65. The molecule has 2 aromatic rings. The molecule has 0 radical (unpaired) electrons. The second-order valence-corrected chi connectivity index (χ2v) is 4.57. The van der Waals surface area contributed by atoms with E-state index in [9.17, 15) is 4.79 Å². The van der Waals surface area contributed by atoms with Crippen LogP contribution in [0.1, 0.15) is 23.3 Å². The number of fused-ring (bicyclic) bond motifs is 1. The zero-order valence-corrected chi connectivity index (χ0v) is 10.3. The molecule has 1 aromatic heterocycles. The molecule has 1 aliphatic heterocycles. The van der Waals surface area contributed by atoms with Gasteiger partial charge in [0.25, 0.3) is 0 Å². The van der Waals surface area contributed by atoms with Crippen LogP contribution in [-0.2, 0) is 4.74 Å². The molecule has 0 bridgehead atoms. The van der Waals surface area contributed by atoms with Gasteiger partial charge in [0.05, 0.1) is 24.8 Å². The van der Waals surface area contributed by atoms with E-state index in [1.807, 2.05) is 24.4 Å². The Balaban J connectivity index is 2.13. The fraction of sp³-hybridized carbons (Fsp3) is 0.357. The molecule has 1 saturated heterocycles. The molecule has 1 aliphatic rings. The molecule has 94 valence electrons. The zero-order chi connectivity index (χ0) is 12.5. The third-order valence-corrected chi connectivity index (χ3v) is 3.38. The number of carbonyl (C=O) groups excluding carboxylic acids is 1. The second-order valence-electron chi connectivity index (χ2n) is 4.57. The van der Waals surface area contributed by atoms with Crippen LogP contribution in [0.25, 0.3) is 10.9 Å².